The third kappa shape index (κ3) is 4.18. The summed E-state index contributed by atoms with van der Waals surface area (Å²) in [5.74, 6) is -1.44. The van der Waals surface area contributed by atoms with Crippen molar-refractivity contribution in [3.63, 3.8) is 0 Å². The van der Waals surface area contributed by atoms with E-state index in [9.17, 15) is 9.59 Å². The highest BCUT2D eigenvalue weighted by Crippen LogP contribution is 2.02. The van der Waals surface area contributed by atoms with Crippen LogP contribution in [0.4, 0.5) is 0 Å². The van der Waals surface area contributed by atoms with Crippen LogP contribution < -0.4 is 5.48 Å². The molecular formula is C12H12N2O4. The van der Waals surface area contributed by atoms with Crippen molar-refractivity contribution >= 4 is 23.5 Å². The summed E-state index contributed by atoms with van der Waals surface area (Å²) < 4.78 is 0. The predicted octanol–water partition coefficient (Wildman–Crippen LogP) is 0.995. The monoisotopic (exact) mass is 248 g/mol. The molecule has 94 valence electrons. The van der Waals surface area contributed by atoms with E-state index in [0.29, 0.717) is 0 Å². The molecule has 3 N–H and O–H groups in total. The number of oxime groups is 1. The fourth-order valence-electron chi connectivity index (χ4n) is 1.20. The molecule has 1 aromatic rings. The van der Waals surface area contributed by atoms with Crippen LogP contribution in [0.3, 0.4) is 0 Å². The van der Waals surface area contributed by atoms with Crippen molar-refractivity contribution in [2.24, 2.45) is 5.16 Å². The molecule has 0 saturated heterocycles. The molecule has 0 aromatic heterocycles. The second-order valence-electron chi connectivity index (χ2n) is 3.37. The fourth-order valence-corrected chi connectivity index (χ4v) is 1.20. The summed E-state index contributed by atoms with van der Waals surface area (Å²) in [6.07, 6.45) is 2.45. The van der Waals surface area contributed by atoms with E-state index in [1.807, 2.05) is 30.3 Å². The van der Waals surface area contributed by atoms with E-state index in [0.717, 1.165) is 5.56 Å². The highest BCUT2D eigenvalue weighted by Gasteiger charge is 2.14. The van der Waals surface area contributed by atoms with E-state index in [1.165, 1.54) is 11.6 Å². The first-order valence-electron chi connectivity index (χ1n) is 5.08. The number of allylic oxidation sites excluding steroid dienone is 1. The molecule has 1 rings (SSSR count). The van der Waals surface area contributed by atoms with Gasteiger partial charge in [0.05, 0.1) is 6.42 Å². The standard InChI is InChI=1S/C12H12N2O4/c15-10(8-11(13-17)12(16)14-18)7-6-9-4-2-1-3-5-9/h1-7,17-18H,8H2,(H,14,16)/b7-6+,13-11-. The van der Waals surface area contributed by atoms with Gasteiger partial charge in [0.25, 0.3) is 5.91 Å². The summed E-state index contributed by atoms with van der Waals surface area (Å²) >= 11 is 0. The molecule has 18 heavy (non-hydrogen) atoms. The number of hydrogen-bond acceptors (Lipinski definition) is 5. The lowest BCUT2D eigenvalue weighted by molar-refractivity contribution is -0.123. The van der Waals surface area contributed by atoms with Gasteiger partial charge in [-0.25, -0.2) is 5.48 Å². The third-order valence-corrected chi connectivity index (χ3v) is 2.09. The van der Waals surface area contributed by atoms with E-state index in [1.54, 1.807) is 6.08 Å². The highest BCUT2D eigenvalue weighted by molar-refractivity contribution is 6.42. The molecule has 0 fully saturated rings. The van der Waals surface area contributed by atoms with Crippen LogP contribution in [0.2, 0.25) is 0 Å². The van der Waals surface area contributed by atoms with E-state index in [2.05, 4.69) is 5.16 Å². The number of benzene rings is 1. The number of nitrogens with one attached hydrogen (secondary N) is 1. The Morgan fingerprint density at radius 3 is 2.50 bits per heavy atom. The molecule has 0 aliphatic carbocycles. The lowest BCUT2D eigenvalue weighted by Crippen LogP contribution is -2.29. The van der Waals surface area contributed by atoms with E-state index < -0.39 is 23.8 Å². The number of hydroxylamine groups is 1. The van der Waals surface area contributed by atoms with Crippen LogP contribution >= 0.6 is 0 Å². The van der Waals surface area contributed by atoms with Gasteiger partial charge in [-0.05, 0) is 11.6 Å². The van der Waals surface area contributed by atoms with Crippen molar-refractivity contribution in [2.75, 3.05) is 0 Å². The van der Waals surface area contributed by atoms with Gasteiger partial charge < -0.3 is 5.21 Å². The first-order chi connectivity index (χ1) is 8.67. The van der Waals surface area contributed by atoms with Gasteiger partial charge in [-0.15, -0.1) is 0 Å². The van der Waals surface area contributed by atoms with Gasteiger partial charge in [0.1, 0.15) is 0 Å². The molecule has 0 aliphatic rings. The second kappa shape index (κ2) is 6.97. The van der Waals surface area contributed by atoms with Crippen molar-refractivity contribution in [1.82, 2.24) is 5.48 Å². The zero-order valence-corrected chi connectivity index (χ0v) is 9.41. The van der Waals surface area contributed by atoms with Crippen LogP contribution in [0.1, 0.15) is 12.0 Å². The fraction of sp³-hybridized carbons (Fsp3) is 0.0833. The van der Waals surface area contributed by atoms with Crippen LogP contribution in [0, 0.1) is 0 Å². The Kier molecular flexibility index (Phi) is 5.27. The maximum absolute atomic E-state index is 11.5. The molecule has 0 bridgehead atoms. The molecular weight excluding hydrogens is 236 g/mol. The molecule has 6 nitrogen and oxygen atoms in total. The first kappa shape index (κ1) is 13.6. The van der Waals surface area contributed by atoms with Gasteiger partial charge in [0, 0.05) is 0 Å². The zero-order valence-electron chi connectivity index (χ0n) is 9.41. The van der Waals surface area contributed by atoms with Crippen molar-refractivity contribution in [3.8, 4) is 0 Å². The van der Waals surface area contributed by atoms with Crippen LogP contribution in [0.5, 0.6) is 0 Å². The normalized spacial score (nSPS) is 11.5. The minimum absolute atomic E-state index is 0.397. The molecule has 0 heterocycles. The highest BCUT2D eigenvalue weighted by atomic mass is 16.5. The summed E-state index contributed by atoms with van der Waals surface area (Å²) in [5.41, 5.74) is 1.66. The van der Waals surface area contributed by atoms with Crippen molar-refractivity contribution in [3.05, 3.63) is 42.0 Å². The SMILES string of the molecule is O=C(/C=C/c1ccccc1)C/C(=N/O)C(=O)NO. The Labute approximate surface area is 103 Å². The summed E-state index contributed by atoms with van der Waals surface area (Å²) in [6, 6.07) is 9.12. The number of amides is 1. The minimum atomic E-state index is -1.01. The summed E-state index contributed by atoms with van der Waals surface area (Å²) in [5, 5.41) is 19.5. The van der Waals surface area contributed by atoms with E-state index >= 15 is 0 Å². The average Bonchev–Trinajstić information content (AvgIpc) is 2.42. The largest absolute Gasteiger partial charge is 0.410 e. The van der Waals surface area contributed by atoms with Crippen molar-refractivity contribution < 1.29 is 20.0 Å². The summed E-state index contributed by atoms with van der Waals surface area (Å²) in [4.78, 5) is 22.4. The molecule has 0 unspecified atom stereocenters. The van der Waals surface area contributed by atoms with Gasteiger partial charge in [-0.2, -0.15) is 0 Å². The maximum Gasteiger partial charge on any atom is 0.292 e. The molecule has 1 amide bonds. The Morgan fingerprint density at radius 2 is 1.94 bits per heavy atom. The van der Waals surface area contributed by atoms with Gasteiger partial charge in [0.2, 0.25) is 0 Å². The molecule has 0 atom stereocenters. The van der Waals surface area contributed by atoms with Crippen LogP contribution in [-0.2, 0) is 9.59 Å². The average molecular weight is 248 g/mol. The molecule has 0 spiro atoms. The molecule has 1 aromatic carbocycles. The molecule has 6 heteroatoms. The number of ketones is 1. The van der Waals surface area contributed by atoms with Crippen LogP contribution in [0.25, 0.3) is 6.08 Å². The molecule has 0 aliphatic heterocycles. The molecule has 0 radical (unpaired) electrons. The van der Waals surface area contributed by atoms with Crippen LogP contribution in [0.15, 0.2) is 41.6 Å². The molecule has 0 saturated carbocycles. The smallest absolute Gasteiger partial charge is 0.292 e. The number of hydrogen-bond donors (Lipinski definition) is 3. The topological polar surface area (TPSA) is 99.0 Å². The maximum atomic E-state index is 11.5. The van der Waals surface area contributed by atoms with Crippen molar-refractivity contribution in [2.45, 2.75) is 6.42 Å². The number of nitrogens with zero attached hydrogens (tertiary/aromatic N) is 1. The Balaban J connectivity index is 2.62. The number of carbonyl (C=O) groups is 2. The lowest BCUT2D eigenvalue weighted by Gasteiger charge is -1.98. The first-order valence-corrected chi connectivity index (χ1v) is 5.08. The second-order valence-corrected chi connectivity index (χ2v) is 3.37. The van der Waals surface area contributed by atoms with Gasteiger partial charge in [-0.3, -0.25) is 14.8 Å². The lowest BCUT2D eigenvalue weighted by atomic mass is 10.1. The Bertz CT molecular complexity index is 480. The van der Waals surface area contributed by atoms with Gasteiger partial charge >= 0.3 is 0 Å². The van der Waals surface area contributed by atoms with Crippen LogP contribution in [-0.4, -0.2) is 27.8 Å². The van der Waals surface area contributed by atoms with E-state index in [4.69, 9.17) is 10.4 Å². The minimum Gasteiger partial charge on any atom is -0.410 e. The Morgan fingerprint density at radius 1 is 1.28 bits per heavy atom. The van der Waals surface area contributed by atoms with E-state index in [-0.39, 0.29) is 0 Å². The predicted molar refractivity (Wildman–Crippen MR) is 64.3 cm³/mol. The summed E-state index contributed by atoms with van der Waals surface area (Å²) in [6.45, 7) is 0. The van der Waals surface area contributed by atoms with Crippen molar-refractivity contribution in [1.29, 1.82) is 0 Å². The third-order valence-electron chi connectivity index (χ3n) is 2.09. The zero-order chi connectivity index (χ0) is 13.4. The Hall–Kier alpha value is -2.47. The quantitative estimate of drug-likeness (QED) is 0.238. The van der Waals surface area contributed by atoms with Gasteiger partial charge in [0.15, 0.2) is 11.5 Å². The number of rotatable bonds is 5. The summed E-state index contributed by atoms with van der Waals surface area (Å²) in [7, 11) is 0. The number of carbonyl (C=O) groups excluding carboxylic acids is 2. The van der Waals surface area contributed by atoms with Gasteiger partial charge in [-0.1, -0.05) is 41.6 Å².